The summed E-state index contributed by atoms with van der Waals surface area (Å²) in [5.41, 5.74) is 8.59. The minimum Gasteiger partial charge on any atom is -0.324 e. The molecule has 2 heterocycles. The lowest BCUT2D eigenvalue weighted by molar-refractivity contribution is 0.790. The zero-order valence-electron chi connectivity index (χ0n) is 9.68. The quantitative estimate of drug-likeness (QED) is 0.924. The second-order valence-corrected chi connectivity index (χ2v) is 4.83. The Morgan fingerprint density at radius 1 is 1.29 bits per heavy atom. The first-order valence-electron chi connectivity index (χ1n) is 5.28. The average molecular weight is 293 g/mol. The van der Waals surface area contributed by atoms with Crippen molar-refractivity contribution in [3.8, 4) is 11.4 Å². The van der Waals surface area contributed by atoms with Gasteiger partial charge in [0, 0.05) is 45.9 Å². The van der Waals surface area contributed by atoms with Crippen molar-refractivity contribution >= 4 is 15.9 Å². The van der Waals surface area contributed by atoms with E-state index in [1.54, 1.807) is 18.6 Å². The highest BCUT2D eigenvalue weighted by Gasteiger charge is 2.08. The molecule has 2 aromatic rings. The lowest BCUT2D eigenvalue weighted by Crippen LogP contribution is -2.09. The third kappa shape index (κ3) is 2.68. The van der Waals surface area contributed by atoms with Gasteiger partial charge in [-0.15, -0.1) is 0 Å². The van der Waals surface area contributed by atoms with Crippen molar-refractivity contribution in [2.75, 3.05) is 0 Å². The van der Waals surface area contributed by atoms with E-state index in [0.717, 1.165) is 21.3 Å². The second kappa shape index (κ2) is 4.89. The van der Waals surface area contributed by atoms with Crippen LogP contribution >= 0.6 is 15.9 Å². The molecule has 0 saturated carbocycles. The number of rotatable bonds is 2. The minimum absolute atomic E-state index is 0.0512. The van der Waals surface area contributed by atoms with Gasteiger partial charge in [0.15, 0.2) is 5.82 Å². The van der Waals surface area contributed by atoms with Gasteiger partial charge in [0.2, 0.25) is 0 Å². The third-order valence-electron chi connectivity index (χ3n) is 2.47. The summed E-state index contributed by atoms with van der Waals surface area (Å²) in [6.45, 7) is 3.86. The summed E-state index contributed by atoms with van der Waals surface area (Å²) in [4.78, 5) is 12.9. The van der Waals surface area contributed by atoms with Gasteiger partial charge in [-0.2, -0.15) is 0 Å². The molecule has 0 fully saturated rings. The highest BCUT2D eigenvalue weighted by Crippen LogP contribution is 2.20. The molecular weight excluding hydrogens is 280 g/mol. The number of hydrogen-bond acceptors (Lipinski definition) is 4. The highest BCUT2D eigenvalue weighted by molar-refractivity contribution is 9.10. The van der Waals surface area contributed by atoms with Crippen LogP contribution in [-0.2, 0) is 0 Å². The lowest BCUT2D eigenvalue weighted by atomic mass is 10.1. The van der Waals surface area contributed by atoms with E-state index >= 15 is 0 Å². The largest absolute Gasteiger partial charge is 0.324 e. The maximum Gasteiger partial charge on any atom is 0.160 e. The molecule has 4 nitrogen and oxygen atoms in total. The van der Waals surface area contributed by atoms with E-state index < -0.39 is 0 Å². The van der Waals surface area contributed by atoms with E-state index in [4.69, 9.17) is 5.73 Å². The standard InChI is InChI=1S/C12H13BrN4/c1-7(14)11-6-16-12(17-8(11)2)9-3-10(13)5-15-4-9/h3-7H,14H2,1-2H3. The summed E-state index contributed by atoms with van der Waals surface area (Å²) in [5.74, 6) is 0.667. The Bertz CT molecular complexity index is 540. The van der Waals surface area contributed by atoms with E-state index in [9.17, 15) is 0 Å². The summed E-state index contributed by atoms with van der Waals surface area (Å²) in [7, 11) is 0. The van der Waals surface area contributed by atoms with Crippen LogP contribution in [0, 0.1) is 6.92 Å². The summed E-state index contributed by atoms with van der Waals surface area (Å²) in [5, 5.41) is 0. The Balaban J connectivity index is 2.44. The molecule has 5 heteroatoms. The smallest absolute Gasteiger partial charge is 0.160 e. The number of nitrogens with zero attached hydrogens (tertiary/aromatic N) is 3. The lowest BCUT2D eigenvalue weighted by Gasteiger charge is -2.09. The van der Waals surface area contributed by atoms with Gasteiger partial charge in [-0.3, -0.25) is 4.98 Å². The summed E-state index contributed by atoms with van der Waals surface area (Å²) in [6, 6.07) is 1.89. The van der Waals surface area contributed by atoms with E-state index in [1.807, 2.05) is 19.9 Å². The van der Waals surface area contributed by atoms with Crippen LogP contribution in [-0.4, -0.2) is 15.0 Å². The van der Waals surface area contributed by atoms with Gasteiger partial charge in [-0.25, -0.2) is 9.97 Å². The van der Waals surface area contributed by atoms with Gasteiger partial charge in [0.05, 0.1) is 0 Å². The first kappa shape index (κ1) is 12.1. The van der Waals surface area contributed by atoms with Gasteiger partial charge in [0.1, 0.15) is 0 Å². The number of nitrogens with two attached hydrogens (primary N) is 1. The summed E-state index contributed by atoms with van der Waals surface area (Å²) >= 11 is 3.38. The van der Waals surface area contributed by atoms with Gasteiger partial charge in [0.25, 0.3) is 0 Å². The first-order valence-corrected chi connectivity index (χ1v) is 6.07. The van der Waals surface area contributed by atoms with Crippen LogP contribution in [0.2, 0.25) is 0 Å². The Kier molecular flexibility index (Phi) is 3.49. The van der Waals surface area contributed by atoms with Crippen LogP contribution in [0.4, 0.5) is 0 Å². The first-order chi connectivity index (χ1) is 8.08. The Morgan fingerprint density at radius 2 is 2.06 bits per heavy atom. The minimum atomic E-state index is -0.0512. The van der Waals surface area contributed by atoms with E-state index in [0.29, 0.717) is 5.82 Å². The Morgan fingerprint density at radius 3 is 2.65 bits per heavy atom. The van der Waals surface area contributed by atoms with Crippen LogP contribution in [0.25, 0.3) is 11.4 Å². The molecule has 0 bridgehead atoms. The van der Waals surface area contributed by atoms with Gasteiger partial charge >= 0.3 is 0 Å². The van der Waals surface area contributed by atoms with Crippen molar-refractivity contribution in [3.05, 3.63) is 40.4 Å². The van der Waals surface area contributed by atoms with E-state index in [-0.39, 0.29) is 6.04 Å². The SMILES string of the molecule is Cc1nc(-c2cncc(Br)c2)ncc1C(C)N. The average Bonchev–Trinajstić information content (AvgIpc) is 2.28. The second-order valence-electron chi connectivity index (χ2n) is 3.91. The molecular formula is C12H13BrN4. The van der Waals surface area contributed by atoms with Crippen LogP contribution in [0.15, 0.2) is 29.1 Å². The van der Waals surface area contributed by atoms with Crippen molar-refractivity contribution in [3.63, 3.8) is 0 Å². The molecule has 2 rings (SSSR count). The molecule has 0 spiro atoms. The monoisotopic (exact) mass is 292 g/mol. The normalized spacial score (nSPS) is 12.5. The fourth-order valence-electron chi connectivity index (χ4n) is 1.60. The Labute approximate surface area is 108 Å². The summed E-state index contributed by atoms with van der Waals surface area (Å²) in [6.07, 6.45) is 5.25. The number of halogens is 1. The fourth-order valence-corrected chi connectivity index (χ4v) is 1.96. The predicted octanol–water partition coefficient (Wildman–Crippen LogP) is 2.63. The molecule has 0 amide bonds. The highest BCUT2D eigenvalue weighted by atomic mass is 79.9. The maximum absolute atomic E-state index is 5.83. The van der Waals surface area contributed by atoms with E-state index in [1.165, 1.54) is 0 Å². The molecule has 2 N–H and O–H groups in total. The molecule has 1 unspecified atom stereocenters. The maximum atomic E-state index is 5.83. The van der Waals surface area contributed by atoms with Crippen LogP contribution in [0.3, 0.4) is 0 Å². The molecule has 0 aliphatic rings. The number of pyridine rings is 1. The zero-order valence-corrected chi connectivity index (χ0v) is 11.3. The Hall–Kier alpha value is -1.33. The number of aryl methyl sites for hydroxylation is 1. The van der Waals surface area contributed by atoms with Crippen molar-refractivity contribution in [1.82, 2.24) is 15.0 Å². The molecule has 1 atom stereocenters. The molecule has 0 aliphatic carbocycles. The fraction of sp³-hybridized carbons (Fsp3) is 0.250. The van der Waals surface area contributed by atoms with Crippen LogP contribution in [0.1, 0.15) is 24.2 Å². The molecule has 0 aromatic carbocycles. The number of hydrogen-bond donors (Lipinski definition) is 1. The number of aromatic nitrogens is 3. The molecule has 17 heavy (non-hydrogen) atoms. The van der Waals surface area contributed by atoms with Crippen molar-refractivity contribution in [2.45, 2.75) is 19.9 Å². The van der Waals surface area contributed by atoms with Crippen molar-refractivity contribution < 1.29 is 0 Å². The van der Waals surface area contributed by atoms with Crippen LogP contribution < -0.4 is 5.73 Å². The van der Waals surface area contributed by atoms with E-state index in [2.05, 4.69) is 30.9 Å². The molecule has 0 aliphatic heterocycles. The molecule has 88 valence electrons. The molecule has 2 aromatic heterocycles. The van der Waals surface area contributed by atoms with Crippen LogP contribution in [0.5, 0.6) is 0 Å². The molecule has 0 radical (unpaired) electrons. The van der Waals surface area contributed by atoms with Crippen molar-refractivity contribution in [2.24, 2.45) is 5.73 Å². The zero-order chi connectivity index (χ0) is 12.4. The molecule has 0 saturated heterocycles. The summed E-state index contributed by atoms with van der Waals surface area (Å²) < 4.78 is 0.910. The van der Waals surface area contributed by atoms with Gasteiger partial charge < -0.3 is 5.73 Å². The van der Waals surface area contributed by atoms with Gasteiger partial charge in [-0.1, -0.05) is 0 Å². The predicted molar refractivity (Wildman–Crippen MR) is 70.3 cm³/mol. The van der Waals surface area contributed by atoms with Crippen molar-refractivity contribution in [1.29, 1.82) is 0 Å². The topological polar surface area (TPSA) is 64.7 Å². The third-order valence-corrected chi connectivity index (χ3v) is 2.90. The van der Waals surface area contributed by atoms with Gasteiger partial charge in [-0.05, 0) is 35.8 Å².